The van der Waals surface area contributed by atoms with Crippen LogP contribution in [-0.2, 0) is 19.0 Å². The van der Waals surface area contributed by atoms with Gasteiger partial charge in [-0.15, -0.1) is 0 Å². The van der Waals surface area contributed by atoms with Gasteiger partial charge in [-0.25, -0.2) is 0 Å². The fourth-order valence-corrected chi connectivity index (χ4v) is 3.09. The lowest BCUT2D eigenvalue weighted by atomic mass is 9.82. The molecule has 0 radical (unpaired) electrons. The normalized spacial score (nSPS) is 32.7. The van der Waals surface area contributed by atoms with Gasteiger partial charge in [-0.3, -0.25) is 4.79 Å². The Bertz CT molecular complexity index is 370. The summed E-state index contributed by atoms with van der Waals surface area (Å²) in [5.41, 5.74) is 0. The zero-order valence-electron chi connectivity index (χ0n) is 13.4. The van der Waals surface area contributed by atoms with E-state index < -0.39 is 18.6 Å². The van der Waals surface area contributed by atoms with Crippen molar-refractivity contribution in [3.8, 4) is 0 Å². The Kier molecular flexibility index (Phi) is 6.85. The number of Topliss-reactive ketones (excluding diaryl/α,β-unsaturated/α-hetero) is 1. The molecule has 2 fully saturated rings. The summed E-state index contributed by atoms with van der Waals surface area (Å²) >= 11 is 0. The first kappa shape index (κ1) is 18.7. The third kappa shape index (κ3) is 5.72. The number of rotatable bonds is 6. The van der Waals surface area contributed by atoms with Crippen molar-refractivity contribution in [2.24, 2.45) is 17.8 Å². The van der Waals surface area contributed by atoms with Crippen molar-refractivity contribution in [3.05, 3.63) is 0 Å². The number of hydrogen-bond donors (Lipinski definition) is 0. The maximum absolute atomic E-state index is 12.1. The van der Waals surface area contributed by atoms with Crippen molar-refractivity contribution in [1.82, 2.24) is 0 Å². The number of carbonyl (C=O) groups excluding carboxylic acids is 1. The van der Waals surface area contributed by atoms with Crippen LogP contribution in [0.15, 0.2) is 0 Å². The number of ketones is 1. The molecule has 0 spiro atoms. The van der Waals surface area contributed by atoms with Crippen LogP contribution in [0.3, 0.4) is 0 Å². The van der Waals surface area contributed by atoms with E-state index in [4.69, 9.17) is 14.2 Å². The zero-order valence-corrected chi connectivity index (χ0v) is 13.4. The Labute approximate surface area is 134 Å². The monoisotopic (exact) mass is 338 g/mol. The molecule has 1 saturated carbocycles. The highest BCUT2D eigenvalue weighted by Gasteiger charge is 2.38. The highest BCUT2D eigenvalue weighted by atomic mass is 19.4. The van der Waals surface area contributed by atoms with Gasteiger partial charge in [-0.2, -0.15) is 13.2 Å². The fraction of sp³-hybridized carbons (Fsp3) is 0.938. The third-order valence-corrected chi connectivity index (χ3v) is 4.75. The van der Waals surface area contributed by atoms with Gasteiger partial charge in [0.1, 0.15) is 6.61 Å². The molecule has 0 aromatic rings. The predicted octanol–water partition coefficient (Wildman–Crippen LogP) is 3.34. The van der Waals surface area contributed by atoms with E-state index in [1.54, 1.807) is 0 Å². The number of halogens is 3. The Morgan fingerprint density at radius 3 is 2.22 bits per heavy atom. The second kappa shape index (κ2) is 8.44. The molecular weight excluding hydrogens is 313 g/mol. The minimum absolute atomic E-state index is 0.147. The minimum Gasteiger partial charge on any atom is -0.373 e. The molecule has 2 rings (SSSR count). The van der Waals surface area contributed by atoms with E-state index in [1.807, 2.05) is 0 Å². The summed E-state index contributed by atoms with van der Waals surface area (Å²) < 4.78 is 52.7. The van der Waals surface area contributed by atoms with Crippen molar-refractivity contribution < 1.29 is 32.2 Å². The first-order valence-corrected chi connectivity index (χ1v) is 8.31. The molecular formula is C16H25F3O4. The van der Waals surface area contributed by atoms with Crippen LogP contribution < -0.4 is 0 Å². The molecule has 23 heavy (non-hydrogen) atoms. The maximum Gasteiger partial charge on any atom is 0.452 e. The lowest BCUT2D eigenvalue weighted by Crippen LogP contribution is -2.38. The van der Waals surface area contributed by atoms with Crippen LogP contribution >= 0.6 is 0 Å². The second-order valence-electron chi connectivity index (χ2n) is 6.53. The van der Waals surface area contributed by atoms with Gasteiger partial charge in [0.05, 0.1) is 13.2 Å². The quantitative estimate of drug-likeness (QED) is 0.745. The average Bonchev–Trinajstić information content (AvgIpc) is 2.54. The summed E-state index contributed by atoms with van der Waals surface area (Å²) in [4.78, 5) is 10.7. The first-order valence-electron chi connectivity index (χ1n) is 8.31. The van der Waals surface area contributed by atoms with Crippen LogP contribution in [0, 0.1) is 17.8 Å². The van der Waals surface area contributed by atoms with E-state index in [1.165, 1.54) is 0 Å². The van der Waals surface area contributed by atoms with Crippen LogP contribution in [0.4, 0.5) is 13.2 Å². The summed E-state index contributed by atoms with van der Waals surface area (Å²) in [6.07, 6.45) is -0.328. The van der Waals surface area contributed by atoms with Crippen molar-refractivity contribution in [3.63, 3.8) is 0 Å². The van der Waals surface area contributed by atoms with Crippen LogP contribution in [0.2, 0.25) is 0 Å². The third-order valence-electron chi connectivity index (χ3n) is 4.75. The smallest absolute Gasteiger partial charge is 0.373 e. The Hall–Kier alpha value is -0.660. The van der Waals surface area contributed by atoms with Gasteiger partial charge in [-0.05, 0) is 38.0 Å². The lowest BCUT2D eigenvalue weighted by molar-refractivity contribution is -0.229. The van der Waals surface area contributed by atoms with Crippen molar-refractivity contribution in [2.75, 3.05) is 26.4 Å². The van der Waals surface area contributed by atoms with Crippen LogP contribution in [0.25, 0.3) is 0 Å². The van der Waals surface area contributed by atoms with E-state index >= 15 is 0 Å². The lowest BCUT2D eigenvalue weighted by Gasteiger charge is -2.37. The van der Waals surface area contributed by atoms with E-state index in [-0.39, 0.29) is 18.8 Å². The van der Waals surface area contributed by atoms with E-state index in [2.05, 4.69) is 6.92 Å². The highest BCUT2D eigenvalue weighted by molar-refractivity contribution is 5.85. The summed E-state index contributed by atoms with van der Waals surface area (Å²) in [6, 6.07) is 0. The standard InChI is InChI=1S/C16H25F3O4/c1-2-11-8-22-15(23-9-11)13-5-3-12(4-6-13)7-21-10-14(20)16(17,18)19/h11-13,15H,2-10H2,1H3. The average molecular weight is 338 g/mol. The molecule has 1 aliphatic carbocycles. The van der Waals surface area contributed by atoms with Gasteiger partial charge in [0.25, 0.3) is 5.78 Å². The Balaban J connectivity index is 1.62. The summed E-state index contributed by atoms with van der Waals surface area (Å²) in [5, 5.41) is 0. The molecule has 7 heteroatoms. The molecule has 0 unspecified atom stereocenters. The fourth-order valence-electron chi connectivity index (χ4n) is 3.09. The van der Waals surface area contributed by atoms with E-state index in [0.717, 1.165) is 45.3 Å². The summed E-state index contributed by atoms with van der Waals surface area (Å²) in [6.45, 7) is 2.93. The number of alkyl halides is 3. The van der Waals surface area contributed by atoms with Crippen LogP contribution in [0.1, 0.15) is 39.0 Å². The Morgan fingerprint density at radius 2 is 1.70 bits per heavy atom. The molecule has 1 heterocycles. The second-order valence-corrected chi connectivity index (χ2v) is 6.53. The van der Waals surface area contributed by atoms with Crippen molar-refractivity contribution >= 4 is 5.78 Å². The first-order chi connectivity index (χ1) is 10.9. The van der Waals surface area contributed by atoms with Gasteiger partial charge in [-0.1, -0.05) is 6.92 Å². The molecule has 0 N–H and O–H groups in total. The van der Waals surface area contributed by atoms with E-state index in [0.29, 0.717) is 11.8 Å². The molecule has 0 aromatic carbocycles. The number of ether oxygens (including phenoxy) is 3. The van der Waals surface area contributed by atoms with Gasteiger partial charge < -0.3 is 14.2 Å². The van der Waals surface area contributed by atoms with Crippen molar-refractivity contribution in [2.45, 2.75) is 51.5 Å². The topological polar surface area (TPSA) is 44.8 Å². The van der Waals surface area contributed by atoms with Gasteiger partial charge in [0, 0.05) is 18.4 Å². The largest absolute Gasteiger partial charge is 0.452 e. The van der Waals surface area contributed by atoms with Gasteiger partial charge in [0.15, 0.2) is 6.29 Å². The van der Waals surface area contributed by atoms with Crippen LogP contribution in [0.5, 0.6) is 0 Å². The van der Waals surface area contributed by atoms with Crippen LogP contribution in [-0.4, -0.2) is 44.7 Å². The summed E-state index contributed by atoms with van der Waals surface area (Å²) in [5.74, 6) is -0.789. The molecule has 0 atom stereocenters. The SMILES string of the molecule is CCC1COC(C2CCC(COCC(=O)C(F)(F)F)CC2)OC1. The van der Waals surface area contributed by atoms with Gasteiger partial charge in [0.2, 0.25) is 0 Å². The van der Waals surface area contributed by atoms with Crippen molar-refractivity contribution in [1.29, 1.82) is 0 Å². The molecule has 134 valence electrons. The molecule has 4 nitrogen and oxygen atoms in total. The van der Waals surface area contributed by atoms with Gasteiger partial charge >= 0.3 is 6.18 Å². The molecule has 1 aliphatic heterocycles. The predicted molar refractivity (Wildman–Crippen MR) is 76.8 cm³/mol. The molecule has 0 amide bonds. The summed E-state index contributed by atoms with van der Waals surface area (Å²) in [7, 11) is 0. The minimum atomic E-state index is -4.80. The molecule has 0 bridgehead atoms. The molecule has 0 aromatic heterocycles. The number of carbonyl (C=O) groups is 1. The number of hydrogen-bond acceptors (Lipinski definition) is 4. The zero-order chi connectivity index (χ0) is 16.9. The Morgan fingerprint density at radius 1 is 1.09 bits per heavy atom. The molecule has 2 aliphatic rings. The molecule has 1 saturated heterocycles. The highest BCUT2D eigenvalue weighted by Crippen LogP contribution is 2.34. The maximum atomic E-state index is 12.1. The van der Waals surface area contributed by atoms with E-state index in [9.17, 15) is 18.0 Å².